The van der Waals surface area contributed by atoms with Crippen LogP contribution in [0.5, 0.6) is 0 Å². The van der Waals surface area contributed by atoms with Crippen LogP contribution in [0.3, 0.4) is 0 Å². The van der Waals surface area contributed by atoms with Crippen LogP contribution in [0.2, 0.25) is 0 Å². The Hall–Kier alpha value is -2.23. The molecule has 2 rings (SSSR count). The predicted molar refractivity (Wildman–Crippen MR) is 68.1 cm³/mol. The van der Waals surface area contributed by atoms with E-state index in [4.69, 9.17) is 0 Å². The first-order valence-corrected chi connectivity index (χ1v) is 5.58. The van der Waals surface area contributed by atoms with E-state index in [1.165, 1.54) is 18.2 Å². The van der Waals surface area contributed by atoms with Gasteiger partial charge in [-0.1, -0.05) is 18.2 Å². The quantitative estimate of drug-likeness (QED) is 0.825. The third kappa shape index (κ3) is 2.53. The molecule has 0 spiro atoms. The van der Waals surface area contributed by atoms with E-state index in [1.807, 2.05) is 26.0 Å². The minimum atomic E-state index is -0.663. The second kappa shape index (κ2) is 4.96. The minimum absolute atomic E-state index is 0.0657. The van der Waals surface area contributed by atoms with E-state index in [-0.39, 0.29) is 5.69 Å². The Morgan fingerprint density at radius 1 is 1.17 bits per heavy atom. The number of carbonyl (C=O) groups is 1. The molecule has 0 aliphatic heterocycles. The number of carbonyl (C=O) groups excluding carboxylic acids is 1. The van der Waals surface area contributed by atoms with Crippen molar-refractivity contribution in [3.05, 3.63) is 59.2 Å². The highest BCUT2D eigenvalue weighted by Gasteiger charge is 2.10. The zero-order valence-electron chi connectivity index (χ0n) is 10.2. The molecule has 1 N–H and O–H groups in total. The molecule has 1 amide bonds. The summed E-state index contributed by atoms with van der Waals surface area (Å²) in [4.78, 5) is 15.4. The molecule has 1 aromatic heterocycles. The SMILES string of the molecule is Cc1cccc(NC(=O)c2cccc(F)n2)c1C. The van der Waals surface area contributed by atoms with E-state index < -0.39 is 11.9 Å². The number of rotatable bonds is 2. The molecule has 0 fully saturated rings. The molecular formula is C14H13FN2O. The molecule has 0 saturated heterocycles. The molecule has 3 nitrogen and oxygen atoms in total. The lowest BCUT2D eigenvalue weighted by Crippen LogP contribution is -2.15. The van der Waals surface area contributed by atoms with Crippen molar-refractivity contribution in [1.29, 1.82) is 0 Å². The fourth-order valence-corrected chi connectivity index (χ4v) is 1.61. The van der Waals surface area contributed by atoms with Gasteiger partial charge in [0.25, 0.3) is 5.91 Å². The molecule has 92 valence electrons. The summed E-state index contributed by atoms with van der Waals surface area (Å²) in [7, 11) is 0. The standard InChI is InChI=1S/C14H13FN2O/c1-9-5-3-6-11(10(9)2)17-14(18)12-7-4-8-13(15)16-12/h3-8H,1-2H3,(H,17,18). The Kier molecular flexibility index (Phi) is 3.37. The fourth-order valence-electron chi connectivity index (χ4n) is 1.61. The number of anilines is 1. The molecule has 1 aromatic carbocycles. The van der Waals surface area contributed by atoms with E-state index in [0.717, 1.165) is 11.1 Å². The van der Waals surface area contributed by atoms with Crippen molar-refractivity contribution in [3.63, 3.8) is 0 Å². The van der Waals surface area contributed by atoms with Gasteiger partial charge in [0.05, 0.1) is 0 Å². The summed E-state index contributed by atoms with van der Waals surface area (Å²) in [5, 5.41) is 2.73. The van der Waals surface area contributed by atoms with Crippen LogP contribution >= 0.6 is 0 Å². The number of halogens is 1. The molecule has 0 unspecified atom stereocenters. The Bertz CT molecular complexity index is 596. The van der Waals surface area contributed by atoms with Gasteiger partial charge in [-0.3, -0.25) is 4.79 Å². The lowest BCUT2D eigenvalue weighted by Gasteiger charge is -2.09. The van der Waals surface area contributed by atoms with Crippen LogP contribution in [0.1, 0.15) is 21.6 Å². The van der Waals surface area contributed by atoms with Crippen molar-refractivity contribution in [2.24, 2.45) is 0 Å². The van der Waals surface area contributed by atoms with Crippen LogP contribution in [-0.4, -0.2) is 10.9 Å². The molecule has 4 heteroatoms. The number of hydrogen-bond donors (Lipinski definition) is 1. The first kappa shape index (κ1) is 12.2. The smallest absolute Gasteiger partial charge is 0.274 e. The molecule has 0 atom stereocenters. The van der Waals surface area contributed by atoms with Crippen LogP contribution in [0.4, 0.5) is 10.1 Å². The molecule has 0 aliphatic rings. The van der Waals surface area contributed by atoms with Crippen molar-refractivity contribution in [2.45, 2.75) is 13.8 Å². The Morgan fingerprint density at radius 3 is 2.61 bits per heavy atom. The second-order valence-corrected chi connectivity index (χ2v) is 4.05. The zero-order chi connectivity index (χ0) is 13.1. The molecule has 2 aromatic rings. The van der Waals surface area contributed by atoms with Gasteiger partial charge in [0.1, 0.15) is 5.69 Å². The first-order valence-electron chi connectivity index (χ1n) is 5.58. The van der Waals surface area contributed by atoms with Gasteiger partial charge in [0.2, 0.25) is 5.95 Å². The van der Waals surface area contributed by atoms with Crippen molar-refractivity contribution >= 4 is 11.6 Å². The normalized spacial score (nSPS) is 10.2. The first-order chi connectivity index (χ1) is 8.58. The maximum absolute atomic E-state index is 12.9. The number of amides is 1. The fraction of sp³-hybridized carbons (Fsp3) is 0.143. The van der Waals surface area contributed by atoms with Crippen LogP contribution in [0.15, 0.2) is 36.4 Å². The monoisotopic (exact) mass is 244 g/mol. The van der Waals surface area contributed by atoms with Crippen molar-refractivity contribution < 1.29 is 9.18 Å². The van der Waals surface area contributed by atoms with Gasteiger partial charge in [-0.25, -0.2) is 4.98 Å². The average molecular weight is 244 g/mol. The molecule has 0 bridgehead atoms. The molecule has 0 saturated carbocycles. The third-order valence-electron chi connectivity index (χ3n) is 2.80. The van der Waals surface area contributed by atoms with E-state index in [2.05, 4.69) is 10.3 Å². The van der Waals surface area contributed by atoms with E-state index in [1.54, 1.807) is 6.07 Å². The van der Waals surface area contributed by atoms with Gasteiger partial charge in [0.15, 0.2) is 0 Å². The average Bonchev–Trinajstić information content (AvgIpc) is 2.35. The van der Waals surface area contributed by atoms with Crippen molar-refractivity contribution in [2.75, 3.05) is 5.32 Å². The van der Waals surface area contributed by atoms with Gasteiger partial charge in [-0.05, 0) is 43.2 Å². The van der Waals surface area contributed by atoms with Crippen LogP contribution in [-0.2, 0) is 0 Å². The topological polar surface area (TPSA) is 42.0 Å². The molecule has 18 heavy (non-hydrogen) atoms. The number of aryl methyl sites for hydroxylation is 1. The number of nitrogens with one attached hydrogen (secondary N) is 1. The van der Waals surface area contributed by atoms with Gasteiger partial charge in [-0.15, -0.1) is 0 Å². The van der Waals surface area contributed by atoms with Crippen molar-refractivity contribution in [1.82, 2.24) is 4.98 Å². The maximum Gasteiger partial charge on any atom is 0.274 e. The number of hydrogen-bond acceptors (Lipinski definition) is 2. The summed E-state index contributed by atoms with van der Waals surface area (Å²) in [6, 6.07) is 9.76. The summed E-state index contributed by atoms with van der Waals surface area (Å²) in [6.07, 6.45) is 0. The predicted octanol–water partition coefficient (Wildman–Crippen LogP) is 3.09. The number of benzene rings is 1. The third-order valence-corrected chi connectivity index (χ3v) is 2.80. The molecule has 0 radical (unpaired) electrons. The van der Waals surface area contributed by atoms with E-state index >= 15 is 0 Å². The number of pyridine rings is 1. The summed E-state index contributed by atoms with van der Waals surface area (Å²) < 4.78 is 12.9. The largest absolute Gasteiger partial charge is 0.320 e. The highest BCUT2D eigenvalue weighted by molar-refractivity contribution is 6.03. The van der Waals surface area contributed by atoms with Crippen molar-refractivity contribution in [3.8, 4) is 0 Å². The molecule has 0 aliphatic carbocycles. The minimum Gasteiger partial charge on any atom is -0.320 e. The van der Waals surface area contributed by atoms with Gasteiger partial charge in [0, 0.05) is 5.69 Å². The molecular weight excluding hydrogens is 231 g/mol. The Labute approximate surface area is 105 Å². The lowest BCUT2D eigenvalue weighted by atomic mass is 10.1. The van der Waals surface area contributed by atoms with E-state index in [9.17, 15) is 9.18 Å². The number of nitrogens with zero attached hydrogens (tertiary/aromatic N) is 1. The Morgan fingerprint density at radius 2 is 1.89 bits per heavy atom. The summed E-state index contributed by atoms with van der Waals surface area (Å²) in [6.45, 7) is 3.88. The number of aromatic nitrogens is 1. The summed E-state index contributed by atoms with van der Waals surface area (Å²) in [5.41, 5.74) is 2.85. The molecule has 1 heterocycles. The van der Waals surface area contributed by atoms with Crippen LogP contribution in [0.25, 0.3) is 0 Å². The maximum atomic E-state index is 12.9. The van der Waals surface area contributed by atoms with Gasteiger partial charge in [-0.2, -0.15) is 4.39 Å². The highest BCUT2D eigenvalue weighted by Crippen LogP contribution is 2.18. The second-order valence-electron chi connectivity index (χ2n) is 4.05. The summed E-state index contributed by atoms with van der Waals surface area (Å²) in [5.74, 6) is -1.08. The highest BCUT2D eigenvalue weighted by atomic mass is 19.1. The van der Waals surface area contributed by atoms with Gasteiger partial charge >= 0.3 is 0 Å². The van der Waals surface area contributed by atoms with Gasteiger partial charge < -0.3 is 5.32 Å². The summed E-state index contributed by atoms with van der Waals surface area (Å²) >= 11 is 0. The zero-order valence-corrected chi connectivity index (χ0v) is 10.2. The lowest BCUT2D eigenvalue weighted by molar-refractivity contribution is 0.102. The Balaban J connectivity index is 2.24. The van der Waals surface area contributed by atoms with E-state index in [0.29, 0.717) is 5.69 Å². The van der Waals surface area contributed by atoms with Crippen LogP contribution in [0, 0.1) is 19.8 Å². The van der Waals surface area contributed by atoms with Crippen LogP contribution < -0.4 is 5.32 Å².